The standard InChI is InChI=1S/C13H17IN2O3.C7H13NO4.C6H6IN/c1-13(2,3)19-12(18)15-8-11(17)16-10-6-4-9(14)5-7-10;1-7(2,3)12-6(11)8-4-5(9)10;7-5-1-3-6(8)4-2-5/h4-7H,8H2,1-3H3,(H,15,18)(H,16,17);4H2,1-3H3,(H,8,11)(H,9,10);1-4H,8H2. The Kier molecular flexibility index (Phi) is 16.4. The van der Waals surface area contributed by atoms with E-state index in [1.807, 2.05) is 36.4 Å². The van der Waals surface area contributed by atoms with Crippen molar-refractivity contribution in [3.63, 3.8) is 0 Å². The Bertz CT molecular complexity index is 1040. The van der Waals surface area contributed by atoms with E-state index in [9.17, 15) is 19.2 Å². The maximum Gasteiger partial charge on any atom is 0.408 e. The number of hydrogen-bond acceptors (Lipinski definition) is 7. The average molecular weight is 770 g/mol. The van der Waals surface area contributed by atoms with Gasteiger partial charge in [0.25, 0.3) is 0 Å². The molecule has 13 heteroatoms. The fraction of sp³-hybridized carbons (Fsp3) is 0.385. The lowest BCUT2D eigenvalue weighted by Gasteiger charge is -2.19. The summed E-state index contributed by atoms with van der Waals surface area (Å²) in [6.07, 6.45) is -1.32. The zero-order valence-electron chi connectivity index (χ0n) is 22.8. The number of halogens is 2. The molecule has 0 heterocycles. The van der Waals surface area contributed by atoms with Crippen molar-refractivity contribution in [3.8, 4) is 0 Å². The van der Waals surface area contributed by atoms with Gasteiger partial charge < -0.3 is 36.3 Å². The van der Waals surface area contributed by atoms with Crippen molar-refractivity contribution in [1.29, 1.82) is 0 Å². The molecule has 39 heavy (non-hydrogen) atoms. The van der Waals surface area contributed by atoms with Crippen molar-refractivity contribution >= 4 is 80.6 Å². The van der Waals surface area contributed by atoms with Gasteiger partial charge in [-0.1, -0.05) is 0 Å². The van der Waals surface area contributed by atoms with Gasteiger partial charge in [-0.05, 0) is 135 Å². The maximum absolute atomic E-state index is 11.6. The first-order valence-corrected chi connectivity index (χ1v) is 13.7. The lowest BCUT2D eigenvalue weighted by molar-refractivity contribution is -0.136. The van der Waals surface area contributed by atoms with Gasteiger partial charge in [-0.2, -0.15) is 0 Å². The van der Waals surface area contributed by atoms with Crippen LogP contribution in [0.4, 0.5) is 21.0 Å². The van der Waals surface area contributed by atoms with E-state index in [-0.39, 0.29) is 12.5 Å². The smallest absolute Gasteiger partial charge is 0.408 e. The molecular formula is C26H36I2N4O7. The number of carbonyl (C=O) groups is 4. The second kappa shape index (κ2) is 17.7. The third-order valence-electron chi connectivity index (χ3n) is 3.57. The van der Waals surface area contributed by atoms with Crippen molar-refractivity contribution in [1.82, 2.24) is 10.6 Å². The van der Waals surface area contributed by atoms with E-state index < -0.39 is 35.9 Å². The third-order valence-corrected chi connectivity index (χ3v) is 5.01. The van der Waals surface area contributed by atoms with Crippen LogP contribution in [0.3, 0.4) is 0 Å². The largest absolute Gasteiger partial charge is 0.480 e. The molecule has 11 nitrogen and oxygen atoms in total. The third kappa shape index (κ3) is 22.8. The van der Waals surface area contributed by atoms with Gasteiger partial charge in [0.2, 0.25) is 5.91 Å². The number of nitrogens with one attached hydrogen (secondary N) is 3. The van der Waals surface area contributed by atoms with Crippen molar-refractivity contribution in [2.75, 3.05) is 24.1 Å². The molecule has 0 saturated heterocycles. The van der Waals surface area contributed by atoms with Crippen LogP contribution < -0.4 is 21.7 Å². The highest BCUT2D eigenvalue weighted by Crippen LogP contribution is 2.11. The number of amides is 3. The van der Waals surface area contributed by atoms with Gasteiger partial charge in [0, 0.05) is 18.5 Å². The summed E-state index contributed by atoms with van der Waals surface area (Å²) < 4.78 is 12.1. The van der Waals surface area contributed by atoms with Crippen molar-refractivity contribution < 1.29 is 33.8 Å². The first-order chi connectivity index (χ1) is 17.9. The summed E-state index contributed by atoms with van der Waals surface area (Å²) in [6.45, 7) is 9.85. The van der Waals surface area contributed by atoms with Gasteiger partial charge in [-0.25, -0.2) is 9.59 Å². The number of nitrogen functional groups attached to an aromatic ring is 1. The minimum absolute atomic E-state index is 0.124. The van der Waals surface area contributed by atoms with E-state index in [1.54, 1.807) is 53.7 Å². The number of rotatable bonds is 5. The first-order valence-electron chi connectivity index (χ1n) is 11.6. The van der Waals surface area contributed by atoms with E-state index >= 15 is 0 Å². The average Bonchev–Trinajstić information content (AvgIpc) is 2.78. The summed E-state index contributed by atoms with van der Waals surface area (Å²) in [4.78, 5) is 43.7. The number of hydrogen-bond donors (Lipinski definition) is 5. The quantitative estimate of drug-likeness (QED) is 0.204. The molecule has 6 N–H and O–H groups in total. The number of carboxylic acid groups (broad SMARTS) is 1. The van der Waals surface area contributed by atoms with Gasteiger partial charge in [0.05, 0.1) is 0 Å². The van der Waals surface area contributed by atoms with Crippen LogP contribution in [0.15, 0.2) is 48.5 Å². The van der Waals surface area contributed by atoms with Crippen molar-refractivity contribution in [2.45, 2.75) is 52.7 Å². The van der Waals surface area contributed by atoms with Gasteiger partial charge in [-0.3, -0.25) is 9.59 Å². The molecule has 0 aliphatic carbocycles. The van der Waals surface area contributed by atoms with E-state index in [0.29, 0.717) is 5.69 Å². The van der Waals surface area contributed by atoms with E-state index in [0.717, 1.165) is 9.26 Å². The van der Waals surface area contributed by atoms with Crippen LogP contribution in [0.5, 0.6) is 0 Å². The first kappa shape index (κ1) is 36.2. The number of ether oxygens (including phenoxy) is 2. The summed E-state index contributed by atoms with van der Waals surface area (Å²) >= 11 is 4.42. The molecule has 216 valence electrons. The van der Waals surface area contributed by atoms with E-state index in [4.69, 9.17) is 20.3 Å². The Morgan fingerprint density at radius 2 is 1.13 bits per heavy atom. The number of carbonyl (C=O) groups excluding carboxylic acids is 3. The molecule has 2 aromatic carbocycles. The number of carboxylic acids is 1. The molecule has 2 aromatic rings. The molecule has 0 saturated carbocycles. The molecular weight excluding hydrogens is 734 g/mol. The number of nitrogens with two attached hydrogens (primary N) is 1. The zero-order chi connectivity index (χ0) is 30.2. The summed E-state index contributed by atoms with van der Waals surface area (Å²) in [5.74, 6) is -1.40. The monoisotopic (exact) mass is 770 g/mol. The molecule has 2 rings (SSSR count). The lowest BCUT2D eigenvalue weighted by atomic mass is 10.2. The summed E-state index contributed by atoms with van der Waals surface area (Å²) in [6, 6.07) is 15.1. The molecule has 0 aliphatic rings. The fourth-order valence-electron chi connectivity index (χ4n) is 2.13. The fourth-order valence-corrected chi connectivity index (χ4v) is 2.85. The molecule has 0 atom stereocenters. The summed E-state index contributed by atoms with van der Waals surface area (Å²) in [7, 11) is 0. The molecule has 0 spiro atoms. The van der Waals surface area contributed by atoms with Gasteiger partial charge in [-0.15, -0.1) is 0 Å². The molecule has 0 radical (unpaired) electrons. The topological polar surface area (TPSA) is 169 Å². The van der Waals surface area contributed by atoms with Crippen LogP contribution in [-0.2, 0) is 19.1 Å². The minimum atomic E-state index is -1.10. The molecule has 3 amide bonds. The number of anilines is 2. The van der Waals surface area contributed by atoms with Crippen molar-refractivity contribution in [2.24, 2.45) is 0 Å². The van der Waals surface area contributed by atoms with E-state index in [2.05, 4.69) is 61.1 Å². The Morgan fingerprint density at radius 1 is 0.744 bits per heavy atom. The van der Waals surface area contributed by atoms with Crippen LogP contribution >= 0.6 is 45.2 Å². The molecule has 0 aliphatic heterocycles. The van der Waals surface area contributed by atoms with E-state index in [1.165, 1.54) is 3.57 Å². The Morgan fingerprint density at radius 3 is 1.49 bits per heavy atom. The SMILES string of the molecule is CC(C)(C)OC(=O)NCC(=O)Nc1ccc(I)cc1.CC(C)(C)OC(=O)NCC(=O)O.Nc1ccc(I)cc1. The highest BCUT2D eigenvalue weighted by Gasteiger charge is 2.17. The molecule has 0 bridgehead atoms. The summed E-state index contributed by atoms with van der Waals surface area (Å²) in [5, 5.41) is 15.3. The van der Waals surface area contributed by atoms with Gasteiger partial charge >= 0.3 is 18.2 Å². The highest BCUT2D eigenvalue weighted by atomic mass is 127. The van der Waals surface area contributed by atoms with Gasteiger partial charge in [0.1, 0.15) is 24.3 Å². The Hall–Kier alpha value is -2.82. The lowest BCUT2D eigenvalue weighted by Crippen LogP contribution is -2.37. The predicted molar refractivity (Wildman–Crippen MR) is 167 cm³/mol. The van der Waals surface area contributed by atoms with Crippen LogP contribution in [0, 0.1) is 7.14 Å². The minimum Gasteiger partial charge on any atom is -0.480 e. The second-order valence-corrected chi connectivity index (χ2v) is 12.2. The Labute approximate surface area is 256 Å². The number of aliphatic carboxylic acids is 1. The highest BCUT2D eigenvalue weighted by molar-refractivity contribution is 14.1. The predicted octanol–water partition coefficient (Wildman–Crippen LogP) is 5.22. The number of alkyl carbamates (subject to hydrolysis) is 2. The van der Waals surface area contributed by atoms with Crippen LogP contribution in [-0.4, -0.2) is 53.5 Å². The summed E-state index contributed by atoms with van der Waals surface area (Å²) in [5.41, 5.74) is 5.77. The van der Waals surface area contributed by atoms with Crippen LogP contribution in [0.1, 0.15) is 41.5 Å². The van der Waals surface area contributed by atoms with Crippen molar-refractivity contribution in [3.05, 3.63) is 55.7 Å². The van der Waals surface area contributed by atoms with Gasteiger partial charge in [0.15, 0.2) is 0 Å². The molecule has 0 aromatic heterocycles. The molecule has 0 fully saturated rings. The number of benzene rings is 2. The normalized spacial score (nSPS) is 10.4. The second-order valence-electron chi connectivity index (χ2n) is 9.71. The van der Waals surface area contributed by atoms with Crippen LogP contribution in [0.2, 0.25) is 0 Å². The zero-order valence-corrected chi connectivity index (χ0v) is 27.1. The van der Waals surface area contributed by atoms with Crippen LogP contribution in [0.25, 0.3) is 0 Å². The Balaban J connectivity index is 0.000000614. The molecule has 0 unspecified atom stereocenters. The maximum atomic E-state index is 11.6.